The number of hydrogen-bond donors (Lipinski definition) is 1. The van der Waals surface area contributed by atoms with E-state index in [0.717, 1.165) is 6.20 Å². The molecule has 0 saturated heterocycles. The summed E-state index contributed by atoms with van der Waals surface area (Å²) < 4.78 is 14.4. The second-order valence-electron chi connectivity index (χ2n) is 3.81. The van der Waals surface area contributed by atoms with E-state index in [1.54, 1.807) is 12.4 Å². The molecule has 0 radical (unpaired) electrons. The Balaban J connectivity index is 2.00. The van der Waals surface area contributed by atoms with Crippen molar-refractivity contribution < 1.29 is 14.3 Å². The molecule has 18 heavy (non-hydrogen) atoms. The summed E-state index contributed by atoms with van der Waals surface area (Å²) in [7, 11) is 0. The van der Waals surface area contributed by atoms with E-state index in [4.69, 9.17) is 5.11 Å². The van der Waals surface area contributed by atoms with Crippen LogP contribution in [0.5, 0.6) is 0 Å². The topological polar surface area (TPSA) is 80.9 Å². The lowest BCUT2D eigenvalue weighted by atomic mass is 10.2. The van der Waals surface area contributed by atoms with Gasteiger partial charge in [-0.2, -0.15) is 0 Å². The number of carbonyl (C=O) groups is 1. The van der Waals surface area contributed by atoms with E-state index in [9.17, 15) is 9.18 Å². The number of carboxylic acids is 1. The number of carboxylic acid groups (broad SMARTS) is 1. The van der Waals surface area contributed by atoms with E-state index in [1.165, 1.54) is 10.7 Å². The van der Waals surface area contributed by atoms with Gasteiger partial charge >= 0.3 is 5.97 Å². The maximum Gasteiger partial charge on any atom is 0.303 e. The lowest BCUT2D eigenvalue weighted by Crippen LogP contribution is -2.01. The molecule has 2 heterocycles. The lowest BCUT2D eigenvalue weighted by molar-refractivity contribution is -0.136. The zero-order chi connectivity index (χ0) is 13.0. The molecule has 0 aliphatic rings. The molecule has 0 bridgehead atoms. The smallest absolute Gasteiger partial charge is 0.303 e. The summed E-state index contributed by atoms with van der Waals surface area (Å²) in [5.74, 6) is -1.28. The summed E-state index contributed by atoms with van der Waals surface area (Å²) >= 11 is 0. The first-order valence-electron chi connectivity index (χ1n) is 5.34. The Bertz CT molecular complexity index is 555. The highest BCUT2D eigenvalue weighted by atomic mass is 19.1. The van der Waals surface area contributed by atoms with Crippen molar-refractivity contribution in [3.8, 4) is 0 Å². The molecule has 0 atom stereocenters. The number of halogens is 1. The molecule has 0 fully saturated rings. The number of nitrogens with zero attached hydrogens (tertiary/aromatic N) is 4. The molecular formula is C11H11FN4O2. The van der Waals surface area contributed by atoms with Gasteiger partial charge in [0.05, 0.1) is 24.9 Å². The third kappa shape index (κ3) is 3.34. The molecule has 6 nitrogen and oxygen atoms in total. The van der Waals surface area contributed by atoms with Gasteiger partial charge in [0.25, 0.3) is 0 Å². The molecule has 0 spiro atoms. The fraction of sp³-hybridized carbons (Fsp3) is 0.273. The van der Waals surface area contributed by atoms with Gasteiger partial charge in [-0.25, -0.2) is 9.07 Å². The van der Waals surface area contributed by atoms with Gasteiger partial charge in [-0.3, -0.25) is 9.78 Å². The van der Waals surface area contributed by atoms with E-state index < -0.39 is 11.8 Å². The zero-order valence-corrected chi connectivity index (χ0v) is 9.45. The van der Waals surface area contributed by atoms with E-state index in [0.29, 0.717) is 24.2 Å². The summed E-state index contributed by atoms with van der Waals surface area (Å²) in [5, 5.41) is 16.2. The summed E-state index contributed by atoms with van der Waals surface area (Å²) in [5.41, 5.74) is 1.27. The molecule has 2 rings (SSSR count). The molecular weight excluding hydrogens is 239 g/mol. The van der Waals surface area contributed by atoms with Crippen molar-refractivity contribution in [1.82, 2.24) is 20.0 Å². The minimum absolute atomic E-state index is 0.0141. The Labute approximate surface area is 102 Å². The number of hydrogen-bond acceptors (Lipinski definition) is 4. The lowest BCUT2D eigenvalue weighted by Gasteiger charge is -1.99. The van der Waals surface area contributed by atoms with Crippen LogP contribution in [0.1, 0.15) is 17.7 Å². The normalized spacial score (nSPS) is 10.5. The van der Waals surface area contributed by atoms with Crippen LogP contribution >= 0.6 is 0 Å². The first-order valence-corrected chi connectivity index (χ1v) is 5.34. The maximum absolute atomic E-state index is 12.9. The van der Waals surface area contributed by atoms with Crippen LogP contribution in [0, 0.1) is 5.82 Å². The van der Waals surface area contributed by atoms with Crippen LogP contribution < -0.4 is 0 Å². The first kappa shape index (κ1) is 12.2. The van der Waals surface area contributed by atoms with Crippen molar-refractivity contribution in [3.63, 3.8) is 0 Å². The molecule has 0 unspecified atom stereocenters. The first-order chi connectivity index (χ1) is 8.63. The summed E-state index contributed by atoms with van der Waals surface area (Å²) in [6.45, 7) is 0.352. The highest BCUT2D eigenvalue weighted by Crippen LogP contribution is 2.04. The van der Waals surface area contributed by atoms with E-state index in [-0.39, 0.29) is 6.42 Å². The number of aryl methyl sites for hydroxylation is 1. The Morgan fingerprint density at radius 3 is 3.00 bits per heavy atom. The average molecular weight is 250 g/mol. The van der Waals surface area contributed by atoms with Gasteiger partial charge in [0.1, 0.15) is 5.82 Å². The van der Waals surface area contributed by atoms with Crippen LogP contribution in [-0.4, -0.2) is 31.1 Å². The van der Waals surface area contributed by atoms with Crippen molar-refractivity contribution in [2.45, 2.75) is 19.4 Å². The van der Waals surface area contributed by atoms with Crippen molar-refractivity contribution in [3.05, 3.63) is 41.7 Å². The standard InChI is InChI=1S/C11H11FN4O2/c12-9-3-8(4-13-5-9)6-16-7-10(14-15-16)1-2-11(17)18/h3-5,7H,1-2,6H2,(H,17,18). The van der Waals surface area contributed by atoms with Crippen LogP contribution in [0.25, 0.3) is 0 Å². The molecule has 0 aliphatic heterocycles. The third-order valence-corrected chi connectivity index (χ3v) is 2.29. The highest BCUT2D eigenvalue weighted by Gasteiger charge is 2.05. The van der Waals surface area contributed by atoms with Gasteiger partial charge in [-0.05, 0) is 11.6 Å². The molecule has 0 aliphatic carbocycles. The van der Waals surface area contributed by atoms with Crippen LogP contribution in [-0.2, 0) is 17.8 Å². The minimum atomic E-state index is -0.876. The number of aliphatic carboxylic acids is 1. The van der Waals surface area contributed by atoms with E-state index >= 15 is 0 Å². The monoisotopic (exact) mass is 250 g/mol. The second kappa shape index (κ2) is 5.35. The maximum atomic E-state index is 12.9. The number of pyridine rings is 1. The average Bonchev–Trinajstić information content (AvgIpc) is 2.74. The quantitative estimate of drug-likeness (QED) is 0.851. The van der Waals surface area contributed by atoms with Crippen molar-refractivity contribution in [2.24, 2.45) is 0 Å². The Kier molecular flexibility index (Phi) is 3.61. The molecule has 0 saturated carbocycles. The van der Waals surface area contributed by atoms with E-state index in [1.807, 2.05) is 0 Å². The number of rotatable bonds is 5. The SMILES string of the molecule is O=C(O)CCc1cn(Cc2cncc(F)c2)nn1. The number of aromatic nitrogens is 4. The summed E-state index contributed by atoms with van der Waals surface area (Å²) in [6.07, 6.45) is 4.66. The molecule has 1 N–H and O–H groups in total. The second-order valence-corrected chi connectivity index (χ2v) is 3.81. The van der Waals surface area contributed by atoms with Gasteiger partial charge in [-0.1, -0.05) is 5.21 Å². The third-order valence-electron chi connectivity index (χ3n) is 2.29. The Hall–Kier alpha value is -2.31. The molecule has 2 aromatic heterocycles. The summed E-state index contributed by atoms with van der Waals surface area (Å²) in [4.78, 5) is 14.1. The molecule has 0 amide bonds. The van der Waals surface area contributed by atoms with Crippen LogP contribution in [0.2, 0.25) is 0 Å². The summed E-state index contributed by atoms with van der Waals surface area (Å²) in [6, 6.07) is 1.37. The molecule has 94 valence electrons. The Morgan fingerprint density at radius 2 is 2.28 bits per heavy atom. The molecule has 7 heteroatoms. The van der Waals surface area contributed by atoms with Gasteiger partial charge < -0.3 is 5.11 Å². The largest absolute Gasteiger partial charge is 0.481 e. The fourth-order valence-corrected chi connectivity index (χ4v) is 1.49. The fourth-order valence-electron chi connectivity index (χ4n) is 1.49. The molecule has 2 aromatic rings. The van der Waals surface area contributed by atoms with E-state index in [2.05, 4.69) is 15.3 Å². The van der Waals surface area contributed by atoms with Crippen molar-refractivity contribution in [2.75, 3.05) is 0 Å². The van der Waals surface area contributed by atoms with Gasteiger partial charge in [0.15, 0.2) is 0 Å². The van der Waals surface area contributed by atoms with Crippen LogP contribution in [0.3, 0.4) is 0 Å². The molecule has 0 aromatic carbocycles. The Morgan fingerprint density at radius 1 is 1.44 bits per heavy atom. The minimum Gasteiger partial charge on any atom is -0.481 e. The van der Waals surface area contributed by atoms with Crippen molar-refractivity contribution in [1.29, 1.82) is 0 Å². The predicted octanol–water partition coefficient (Wildman–Crippen LogP) is 0.878. The highest BCUT2D eigenvalue weighted by molar-refractivity contribution is 5.66. The zero-order valence-electron chi connectivity index (χ0n) is 9.45. The van der Waals surface area contributed by atoms with Crippen LogP contribution in [0.15, 0.2) is 24.7 Å². The predicted molar refractivity (Wildman–Crippen MR) is 59.3 cm³/mol. The van der Waals surface area contributed by atoms with Gasteiger partial charge in [0, 0.05) is 18.8 Å². The van der Waals surface area contributed by atoms with Crippen LogP contribution in [0.4, 0.5) is 4.39 Å². The van der Waals surface area contributed by atoms with Crippen molar-refractivity contribution >= 4 is 5.97 Å². The van der Waals surface area contributed by atoms with Gasteiger partial charge in [0.2, 0.25) is 0 Å². The van der Waals surface area contributed by atoms with Gasteiger partial charge in [-0.15, -0.1) is 5.10 Å².